The Morgan fingerprint density at radius 1 is 0.682 bits per heavy atom. The van der Waals surface area contributed by atoms with Crippen LogP contribution in [0.1, 0.15) is 0 Å². The molecule has 0 aliphatic carbocycles. The van der Waals surface area contributed by atoms with Crippen LogP contribution in [0.5, 0.6) is 0 Å². The van der Waals surface area contributed by atoms with E-state index >= 15 is 0 Å². The Labute approximate surface area is 135 Å². The minimum atomic E-state index is -3.32. The van der Waals surface area contributed by atoms with Gasteiger partial charge in [-0.3, -0.25) is 0 Å². The predicted octanol–water partition coefficient (Wildman–Crippen LogP) is 2.89. The van der Waals surface area contributed by atoms with E-state index in [1.54, 1.807) is 0 Å². The Kier molecular flexibility index (Phi) is 6.47. The minimum absolute atomic E-state index is 0.516. The van der Waals surface area contributed by atoms with Crippen LogP contribution in [0, 0.1) is 0 Å². The second-order valence-corrected chi connectivity index (χ2v) is 20.4. The zero-order valence-electron chi connectivity index (χ0n) is 14.7. The maximum atomic E-state index is 12.9. The monoisotopic (exact) mass is 390 g/mol. The van der Waals surface area contributed by atoms with Crippen LogP contribution in [0.25, 0.3) is 0 Å². The van der Waals surface area contributed by atoms with E-state index in [1.165, 1.54) is 28.4 Å². The quantitative estimate of drug-likeness (QED) is 0.506. The van der Waals surface area contributed by atoms with Crippen molar-refractivity contribution < 1.29 is 27.2 Å². The van der Waals surface area contributed by atoms with E-state index in [4.69, 9.17) is 18.1 Å². The van der Waals surface area contributed by atoms with Gasteiger partial charge in [-0.2, -0.15) is 0 Å². The highest BCUT2D eigenvalue weighted by Gasteiger charge is 2.57. The molecular formula is C10H28N2O6P2Si2. The van der Waals surface area contributed by atoms with Crippen LogP contribution in [-0.4, -0.2) is 65.9 Å². The van der Waals surface area contributed by atoms with Gasteiger partial charge in [-0.15, -0.1) is 0 Å². The van der Waals surface area contributed by atoms with Gasteiger partial charge < -0.3 is 18.1 Å². The molecule has 1 fully saturated rings. The number of hydrogen-bond donors (Lipinski definition) is 0. The van der Waals surface area contributed by atoms with Crippen LogP contribution in [0.2, 0.25) is 26.2 Å². The Morgan fingerprint density at radius 2 is 0.909 bits per heavy atom. The van der Waals surface area contributed by atoms with Gasteiger partial charge in [0.1, 0.15) is 16.5 Å². The first-order valence-corrected chi connectivity index (χ1v) is 16.2. The third-order valence-electron chi connectivity index (χ3n) is 3.99. The number of rotatable bonds is 6. The Balaban J connectivity index is 3.29. The van der Waals surface area contributed by atoms with Crippen molar-refractivity contribution in [1.29, 1.82) is 0 Å². The van der Waals surface area contributed by atoms with Gasteiger partial charge in [-0.05, 0) is 0 Å². The number of nitrogens with zero attached hydrogens (tertiary/aromatic N) is 2. The first-order chi connectivity index (χ1) is 9.92. The molecule has 1 rings (SSSR count). The van der Waals surface area contributed by atoms with E-state index in [0.717, 1.165) is 0 Å². The SMILES string of the molecule is COP(=O)(OC)N1C[Si](C)(C)N(P(=O)(OC)OC)C[Si]1(C)C. The molecule has 132 valence electrons. The predicted molar refractivity (Wildman–Crippen MR) is 91.6 cm³/mol. The Morgan fingerprint density at radius 3 is 1.09 bits per heavy atom. The van der Waals surface area contributed by atoms with E-state index in [1.807, 2.05) is 34.9 Å². The van der Waals surface area contributed by atoms with Gasteiger partial charge in [0.05, 0.1) is 0 Å². The van der Waals surface area contributed by atoms with Crippen molar-refractivity contribution in [2.24, 2.45) is 0 Å². The first-order valence-electron chi connectivity index (χ1n) is 6.92. The van der Waals surface area contributed by atoms with E-state index in [0.29, 0.717) is 12.3 Å². The van der Waals surface area contributed by atoms with E-state index in [2.05, 4.69) is 0 Å². The smallest absolute Gasteiger partial charge is 0.300 e. The van der Waals surface area contributed by atoms with E-state index in [-0.39, 0.29) is 0 Å². The van der Waals surface area contributed by atoms with Gasteiger partial charge in [0.25, 0.3) is 0 Å². The fraction of sp³-hybridized carbons (Fsp3) is 1.00. The van der Waals surface area contributed by atoms with Crippen molar-refractivity contribution in [3.8, 4) is 0 Å². The summed E-state index contributed by atoms with van der Waals surface area (Å²) in [5.41, 5.74) is 0. The fourth-order valence-corrected chi connectivity index (χ4v) is 21.5. The summed E-state index contributed by atoms with van der Waals surface area (Å²) < 4.78 is 50.3. The minimum Gasteiger partial charge on any atom is -0.300 e. The second kappa shape index (κ2) is 6.88. The molecule has 1 saturated heterocycles. The van der Waals surface area contributed by atoms with Crippen LogP contribution in [0.15, 0.2) is 0 Å². The van der Waals surface area contributed by atoms with Crippen LogP contribution < -0.4 is 0 Å². The molecule has 0 radical (unpaired) electrons. The number of hydrogen-bond acceptors (Lipinski definition) is 6. The molecule has 22 heavy (non-hydrogen) atoms. The summed E-state index contributed by atoms with van der Waals surface area (Å²) in [6.45, 7) is 8.18. The van der Waals surface area contributed by atoms with E-state index < -0.39 is 32.0 Å². The maximum absolute atomic E-state index is 12.9. The molecule has 0 aromatic heterocycles. The van der Waals surface area contributed by atoms with Gasteiger partial charge in [0, 0.05) is 40.8 Å². The van der Waals surface area contributed by atoms with Crippen molar-refractivity contribution in [1.82, 2.24) is 8.67 Å². The summed E-state index contributed by atoms with van der Waals surface area (Å²) in [5, 5.41) is 0. The lowest BCUT2D eigenvalue weighted by molar-refractivity contribution is 0.226. The molecule has 0 amide bonds. The summed E-state index contributed by atoms with van der Waals surface area (Å²) >= 11 is 0. The van der Waals surface area contributed by atoms with Crippen LogP contribution >= 0.6 is 15.5 Å². The highest BCUT2D eigenvalue weighted by molar-refractivity contribution is 7.55. The molecule has 8 nitrogen and oxygen atoms in total. The molecule has 0 unspecified atom stereocenters. The zero-order valence-corrected chi connectivity index (χ0v) is 18.4. The normalized spacial score (nSPS) is 23.6. The van der Waals surface area contributed by atoms with E-state index in [9.17, 15) is 9.13 Å². The molecule has 1 heterocycles. The third kappa shape index (κ3) is 3.67. The van der Waals surface area contributed by atoms with Crippen molar-refractivity contribution in [3.05, 3.63) is 0 Å². The summed E-state index contributed by atoms with van der Waals surface area (Å²) in [4.78, 5) is 0. The fourth-order valence-electron chi connectivity index (χ4n) is 2.70. The summed E-state index contributed by atoms with van der Waals surface area (Å²) in [5.74, 6) is 0. The van der Waals surface area contributed by atoms with Gasteiger partial charge in [-0.25, -0.2) is 17.8 Å². The first kappa shape index (κ1) is 20.7. The van der Waals surface area contributed by atoms with Crippen molar-refractivity contribution in [2.45, 2.75) is 26.2 Å². The van der Waals surface area contributed by atoms with Crippen molar-refractivity contribution in [3.63, 3.8) is 0 Å². The highest BCUT2D eigenvalue weighted by atomic mass is 31.2. The van der Waals surface area contributed by atoms with Gasteiger partial charge in [0.15, 0.2) is 0 Å². The summed E-state index contributed by atoms with van der Waals surface area (Å²) in [6, 6.07) is 0. The third-order valence-corrected chi connectivity index (χ3v) is 18.5. The average molecular weight is 390 g/mol. The van der Waals surface area contributed by atoms with Gasteiger partial charge in [-0.1, -0.05) is 26.2 Å². The average Bonchev–Trinajstić information content (AvgIpc) is 2.47. The molecule has 0 N–H and O–H groups in total. The van der Waals surface area contributed by atoms with Gasteiger partial charge >= 0.3 is 15.5 Å². The molecule has 0 bridgehead atoms. The molecule has 0 saturated carbocycles. The van der Waals surface area contributed by atoms with Crippen LogP contribution in [0.4, 0.5) is 0 Å². The molecule has 0 aromatic rings. The second-order valence-electron chi connectivity index (χ2n) is 6.41. The Hall–Kier alpha value is 0.654. The molecule has 0 aromatic carbocycles. The lowest BCUT2D eigenvalue weighted by atomic mass is 11.5. The molecule has 12 heteroatoms. The maximum Gasteiger partial charge on any atom is 0.401 e. The van der Waals surface area contributed by atoms with Crippen LogP contribution in [-0.2, 0) is 27.2 Å². The lowest BCUT2D eigenvalue weighted by Gasteiger charge is -2.54. The summed E-state index contributed by atoms with van der Waals surface area (Å²) in [6.07, 6.45) is 1.03. The van der Waals surface area contributed by atoms with Crippen LogP contribution in [0.3, 0.4) is 0 Å². The molecule has 1 aliphatic rings. The zero-order chi connectivity index (χ0) is 17.4. The standard InChI is InChI=1S/C10H28N2O6P2Si2/c1-15-19(13,16-2)11-9-22(7,8)12(10-21(11,5)6)20(14,17-3)18-4/h9-10H2,1-8H3. The molecule has 1 aliphatic heterocycles. The van der Waals surface area contributed by atoms with Gasteiger partial charge in [0.2, 0.25) is 0 Å². The largest absolute Gasteiger partial charge is 0.401 e. The molecule has 0 spiro atoms. The lowest BCUT2D eigenvalue weighted by Crippen LogP contribution is -2.70. The Bertz CT molecular complexity index is 444. The van der Waals surface area contributed by atoms with Crippen molar-refractivity contribution in [2.75, 3.05) is 40.8 Å². The topological polar surface area (TPSA) is 77.5 Å². The molecular weight excluding hydrogens is 362 g/mol. The van der Waals surface area contributed by atoms with Crippen molar-refractivity contribution >= 4 is 32.0 Å². The highest BCUT2D eigenvalue weighted by Crippen LogP contribution is 2.60. The summed E-state index contributed by atoms with van der Waals surface area (Å²) in [7, 11) is -5.55. The molecule has 0 atom stereocenters.